The van der Waals surface area contributed by atoms with Crippen LogP contribution < -0.4 is 10.2 Å². The highest BCUT2D eigenvalue weighted by atomic mass is 15.2. The molecule has 3 nitrogen and oxygen atoms in total. The predicted molar refractivity (Wildman–Crippen MR) is 83.7 cm³/mol. The van der Waals surface area contributed by atoms with Crippen molar-refractivity contribution < 1.29 is 0 Å². The van der Waals surface area contributed by atoms with Gasteiger partial charge in [0.2, 0.25) is 0 Å². The molecule has 3 heteroatoms. The van der Waals surface area contributed by atoms with Gasteiger partial charge in [0.1, 0.15) is 5.82 Å². The molecule has 0 spiro atoms. The summed E-state index contributed by atoms with van der Waals surface area (Å²) in [6, 6.07) is 4.58. The van der Waals surface area contributed by atoms with Gasteiger partial charge in [-0.25, -0.2) is 4.98 Å². The molecule has 0 saturated heterocycles. The monoisotopic (exact) mass is 263 g/mol. The number of rotatable bonds is 8. The van der Waals surface area contributed by atoms with Crippen LogP contribution in [0, 0.1) is 5.92 Å². The zero-order valence-corrected chi connectivity index (χ0v) is 13.1. The van der Waals surface area contributed by atoms with Gasteiger partial charge in [0.05, 0.1) is 0 Å². The van der Waals surface area contributed by atoms with Crippen LogP contribution in [0.15, 0.2) is 18.3 Å². The number of hydrogen-bond acceptors (Lipinski definition) is 3. The molecule has 0 aliphatic carbocycles. The molecule has 108 valence electrons. The van der Waals surface area contributed by atoms with Gasteiger partial charge in [-0.3, -0.25) is 0 Å². The lowest BCUT2D eigenvalue weighted by Crippen LogP contribution is -2.30. The Morgan fingerprint density at radius 2 is 2.00 bits per heavy atom. The number of anilines is 1. The molecule has 1 unspecified atom stereocenters. The van der Waals surface area contributed by atoms with E-state index < -0.39 is 0 Å². The smallest absolute Gasteiger partial charge is 0.133 e. The summed E-state index contributed by atoms with van der Waals surface area (Å²) < 4.78 is 0. The predicted octanol–water partition coefficient (Wildman–Crippen LogP) is 3.62. The molecule has 0 aliphatic heterocycles. The summed E-state index contributed by atoms with van der Waals surface area (Å²) in [7, 11) is 0. The minimum atomic E-state index is 0.352. The van der Waals surface area contributed by atoms with Crippen LogP contribution >= 0.6 is 0 Å². The molecular weight excluding hydrogens is 234 g/mol. The van der Waals surface area contributed by atoms with E-state index in [1.54, 1.807) is 0 Å². The van der Waals surface area contributed by atoms with Crippen LogP contribution in [0.2, 0.25) is 0 Å². The van der Waals surface area contributed by atoms with Gasteiger partial charge < -0.3 is 10.2 Å². The first kappa shape index (κ1) is 16.0. The zero-order chi connectivity index (χ0) is 14.3. The van der Waals surface area contributed by atoms with E-state index >= 15 is 0 Å². The standard InChI is InChI=1S/C16H29N3/c1-6-10-17-14(5)15-9-8-11-18-16(15)19(7-2)12-13(3)4/h8-9,11,13-14,17H,6-7,10,12H2,1-5H3. The molecule has 0 aromatic carbocycles. The first-order valence-electron chi connectivity index (χ1n) is 7.53. The summed E-state index contributed by atoms with van der Waals surface area (Å²) in [5, 5.41) is 3.55. The van der Waals surface area contributed by atoms with E-state index in [1.165, 1.54) is 5.56 Å². The highest BCUT2D eigenvalue weighted by molar-refractivity contribution is 5.48. The maximum atomic E-state index is 4.62. The molecule has 1 aromatic rings. The number of pyridine rings is 1. The fourth-order valence-corrected chi connectivity index (χ4v) is 2.29. The van der Waals surface area contributed by atoms with Gasteiger partial charge in [-0.05, 0) is 38.8 Å². The molecular formula is C16H29N3. The molecule has 0 aliphatic rings. The lowest BCUT2D eigenvalue weighted by molar-refractivity contribution is 0.561. The lowest BCUT2D eigenvalue weighted by Gasteiger charge is -2.28. The average molecular weight is 263 g/mol. The van der Waals surface area contributed by atoms with Gasteiger partial charge in [-0.15, -0.1) is 0 Å². The van der Waals surface area contributed by atoms with Crippen LogP contribution in [-0.2, 0) is 0 Å². The van der Waals surface area contributed by atoms with Crippen LogP contribution in [0.1, 0.15) is 52.6 Å². The second-order valence-corrected chi connectivity index (χ2v) is 5.52. The number of nitrogens with one attached hydrogen (secondary N) is 1. The molecule has 1 aromatic heterocycles. The Kier molecular flexibility index (Phi) is 6.85. The van der Waals surface area contributed by atoms with Crippen molar-refractivity contribution in [2.75, 3.05) is 24.5 Å². The van der Waals surface area contributed by atoms with Crippen LogP contribution in [0.3, 0.4) is 0 Å². The number of nitrogens with zero attached hydrogens (tertiary/aromatic N) is 2. The van der Waals surface area contributed by atoms with Crippen molar-refractivity contribution in [2.45, 2.75) is 47.1 Å². The van der Waals surface area contributed by atoms with Crippen molar-refractivity contribution in [3.8, 4) is 0 Å². The van der Waals surface area contributed by atoms with Gasteiger partial charge in [0, 0.05) is 30.9 Å². The quantitative estimate of drug-likeness (QED) is 0.776. The third kappa shape index (κ3) is 4.83. The molecule has 0 fully saturated rings. The third-order valence-electron chi connectivity index (χ3n) is 3.25. The number of hydrogen-bond donors (Lipinski definition) is 1. The Morgan fingerprint density at radius 1 is 1.26 bits per heavy atom. The van der Waals surface area contributed by atoms with Crippen molar-refractivity contribution in [3.63, 3.8) is 0 Å². The summed E-state index contributed by atoms with van der Waals surface area (Å²) >= 11 is 0. The highest BCUT2D eigenvalue weighted by Crippen LogP contribution is 2.24. The molecule has 0 bridgehead atoms. The number of aromatic nitrogens is 1. The topological polar surface area (TPSA) is 28.2 Å². The van der Waals surface area contributed by atoms with Crippen molar-refractivity contribution >= 4 is 5.82 Å². The van der Waals surface area contributed by atoms with Gasteiger partial charge in [-0.1, -0.05) is 26.8 Å². The molecule has 1 heterocycles. The fraction of sp³-hybridized carbons (Fsp3) is 0.688. The molecule has 0 saturated carbocycles. The van der Waals surface area contributed by atoms with E-state index in [2.05, 4.69) is 55.9 Å². The lowest BCUT2D eigenvalue weighted by atomic mass is 10.1. The zero-order valence-electron chi connectivity index (χ0n) is 13.1. The third-order valence-corrected chi connectivity index (χ3v) is 3.25. The maximum absolute atomic E-state index is 4.62. The van der Waals surface area contributed by atoms with E-state index in [9.17, 15) is 0 Å². The first-order valence-corrected chi connectivity index (χ1v) is 7.53. The van der Waals surface area contributed by atoms with Gasteiger partial charge in [0.15, 0.2) is 0 Å². The molecule has 0 radical (unpaired) electrons. The summed E-state index contributed by atoms with van der Waals surface area (Å²) in [5.41, 5.74) is 1.30. The highest BCUT2D eigenvalue weighted by Gasteiger charge is 2.16. The van der Waals surface area contributed by atoms with Gasteiger partial charge >= 0.3 is 0 Å². The summed E-state index contributed by atoms with van der Waals surface area (Å²) in [6.07, 6.45) is 3.05. The van der Waals surface area contributed by atoms with Crippen LogP contribution in [0.5, 0.6) is 0 Å². The summed E-state index contributed by atoms with van der Waals surface area (Å²) in [4.78, 5) is 7.00. The van der Waals surface area contributed by atoms with Crippen molar-refractivity contribution in [1.29, 1.82) is 0 Å². The normalized spacial score (nSPS) is 12.7. The average Bonchev–Trinajstić information content (AvgIpc) is 2.42. The fourth-order valence-electron chi connectivity index (χ4n) is 2.29. The molecule has 1 atom stereocenters. The van der Waals surface area contributed by atoms with E-state index in [-0.39, 0.29) is 0 Å². The minimum absolute atomic E-state index is 0.352. The first-order chi connectivity index (χ1) is 9.10. The maximum Gasteiger partial charge on any atom is 0.133 e. The molecule has 19 heavy (non-hydrogen) atoms. The Balaban J connectivity index is 2.92. The van der Waals surface area contributed by atoms with Crippen molar-refractivity contribution in [1.82, 2.24) is 10.3 Å². The van der Waals surface area contributed by atoms with E-state index in [0.717, 1.165) is 31.9 Å². The van der Waals surface area contributed by atoms with Crippen LogP contribution in [0.25, 0.3) is 0 Å². The Bertz CT molecular complexity index is 363. The Hall–Kier alpha value is -1.09. The molecule has 1 rings (SSSR count). The Morgan fingerprint density at radius 3 is 2.58 bits per heavy atom. The summed E-state index contributed by atoms with van der Waals surface area (Å²) in [6.45, 7) is 14.2. The second-order valence-electron chi connectivity index (χ2n) is 5.52. The van der Waals surface area contributed by atoms with E-state index in [1.807, 2.05) is 12.3 Å². The second kappa shape index (κ2) is 8.16. The Labute approximate surface area is 118 Å². The van der Waals surface area contributed by atoms with Gasteiger partial charge in [-0.2, -0.15) is 0 Å². The largest absolute Gasteiger partial charge is 0.356 e. The van der Waals surface area contributed by atoms with Gasteiger partial charge in [0.25, 0.3) is 0 Å². The summed E-state index contributed by atoms with van der Waals surface area (Å²) in [5.74, 6) is 1.78. The molecule has 0 amide bonds. The van der Waals surface area contributed by atoms with Crippen LogP contribution in [0.4, 0.5) is 5.82 Å². The van der Waals surface area contributed by atoms with E-state index in [0.29, 0.717) is 12.0 Å². The molecule has 1 N–H and O–H groups in total. The SMILES string of the molecule is CCCNC(C)c1cccnc1N(CC)CC(C)C. The minimum Gasteiger partial charge on any atom is -0.356 e. The van der Waals surface area contributed by atoms with Crippen molar-refractivity contribution in [3.05, 3.63) is 23.9 Å². The van der Waals surface area contributed by atoms with Crippen molar-refractivity contribution in [2.24, 2.45) is 5.92 Å². The van der Waals surface area contributed by atoms with E-state index in [4.69, 9.17) is 0 Å². The van der Waals surface area contributed by atoms with Crippen LogP contribution in [-0.4, -0.2) is 24.6 Å².